The van der Waals surface area contributed by atoms with E-state index in [1.165, 1.54) is 23.4 Å². The summed E-state index contributed by atoms with van der Waals surface area (Å²) in [7, 11) is 0. The summed E-state index contributed by atoms with van der Waals surface area (Å²) in [6.07, 6.45) is -0.673. The van der Waals surface area contributed by atoms with Crippen LogP contribution in [0.4, 0.5) is 4.39 Å². The van der Waals surface area contributed by atoms with Gasteiger partial charge in [-0.05, 0) is 37.6 Å². The summed E-state index contributed by atoms with van der Waals surface area (Å²) in [6.45, 7) is 3.66. The molecule has 1 N–H and O–H groups in total. The molecule has 0 aromatic heterocycles. The van der Waals surface area contributed by atoms with Crippen LogP contribution in [-0.2, 0) is 0 Å². The van der Waals surface area contributed by atoms with E-state index in [4.69, 9.17) is 0 Å². The molecule has 1 nitrogen and oxygen atoms in total. The van der Waals surface area contributed by atoms with Gasteiger partial charge in [-0.2, -0.15) is 0 Å². The molecule has 2 aromatic carbocycles. The van der Waals surface area contributed by atoms with Crippen LogP contribution in [0.15, 0.2) is 52.3 Å². The first-order valence-corrected chi connectivity index (χ1v) is 6.60. The molecule has 0 saturated carbocycles. The highest BCUT2D eigenvalue weighted by molar-refractivity contribution is 7.99. The molecule has 1 atom stereocenters. The van der Waals surface area contributed by atoms with Crippen LogP contribution >= 0.6 is 11.8 Å². The van der Waals surface area contributed by atoms with Crippen molar-refractivity contribution in [2.24, 2.45) is 0 Å². The van der Waals surface area contributed by atoms with E-state index in [0.29, 0.717) is 10.5 Å². The monoisotopic (exact) mass is 262 g/mol. The van der Waals surface area contributed by atoms with Gasteiger partial charge in [-0.1, -0.05) is 41.6 Å². The molecule has 0 bridgehead atoms. The highest BCUT2D eigenvalue weighted by Gasteiger charge is 2.13. The van der Waals surface area contributed by atoms with Crippen molar-refractivity contribution in [3.8, 4) is 0 Å². The summed E-state index contributed by atoms with van der Waals surface area (Å²) in [5, 5.41) is 9.67. The van der Waals surface area contributed by atoms with Crippen molar-refractivity contribution in [1.82, 2.24) is 0 Å². The largest absolute Gasteiger partial charge is 0.389 e. The number of aryl methyl sites for hydroxylation is 1. The zero-order valence-electron chi connectivity index (χ0n) is 10.4. The van der Waals surface area contributed by atoms with Gasteiger partial charge in [0.25, 0.3) is 0 Å². The lowest BCUT2D eigenvalue weighted by Gasteiger charge is -2.12. The molecular formula is C15H15FOS. The summed E-state index contributed by atoms with van der Waals surface area (Å²) in [5.41, 5.74) is 1.80. The van der Waals surface area contributed by atoms with E-state index < -0.39 is 6.10 Å². The SMILES string of the molecule is Cc1ccc(Sc2c(F)cccc2[C@@H](C)O)cc1. The Labute approximate surface area is 111 Å². The van der Waals surface area contributed by atoms with Gasteiger partial charge >= 0.3 is 0 Å². The summed E-state index contributed by atoms with van der Waals surface area (Å²) in [6, 6.07) is 12.7. The van der Waals surface area contributed by atoms with Crippen molar-refractivity contribution in [1.29, 1.82) is 0 Å². The van der Waals surface area contributed by atoms with Gasteiger partial charge in [0.05, 0.1) is 11.0 Å². The molecule has 94 valence electrons. The van der Waals surface area contributed by atoms with Gasteiger partial charge in [0.2, 0.25) is 0 Å². The second-order valence-corrected chi connectivity index (χ2v) is 5.33. The normalized spacial score (nSPS) is 12.4. The topological polar surface area (TPSA) is 20.2 Å². The minimum absolute atomic E-state index is 0.293. The lowest BCUT2D eigenvalue weighted by atomic mass is 10.1. The third kappa shape index (κ3) is 2.92. The Kier molecular flexibility index (Phi) is 4.04. The molecule has 0 spiro atoms. The smallest absolute Gasteiger partial charge is 0.137 e. The molecule has 0 unspecified atom stereocenters. The van der Waals surface area contributed by atoms with E-state index in [1.54, 1.807) is 19.1 Å². The summed E-state index contributed by atoms with van der Waals surface area (Å²) in [4.78, 5) is 1.46. The number of aliphatic hydroxyl groups is 1. The molecule has 3 heteroatoms. The lowest BCUT2D eigenvalue weighted by Crippen LogP contribution is -1.96. The number of hydrogen-bond donors (Lipinski definition) is 1. The van der Waals surface area contributed by atoms with Gasteiger partial charge in [0.1, 0.15) is 5.82 Å². The number of halogens is 1. The Morgan fingerprint density at radius 1 is 1.11 bits per heavy atom. The second kappa shape index (κ2) is 5.55. The van der Waals surface area contributed by atoms with Gasteiger partial charge < -0.3 is 5.11 Å². The summed E-state index contributed by atoms with van der Waals surface area (Å²) < 4.78 is 13.8. The predicted octanol–water partition coefficient (Wildman–Crippen LogP) is 4.34. The molecule has 2 rings (SSSR count). The Morgan fingerprint density at radius 3 is 2.39 bits per heavy atom. The molecule has 2 aromatic rings. The minimum Gasteiger partial charge on any atom is -0.389 e. The Morgan fingerprint density at radius 2 is 1.78 bits per heavy atom. The lowest BCUT2D eigenvalue weighted by molar-refractivity contribution is 0.195. The minimum atomic E-state index is -0.673. The first-order chi connectivity index (χ1) is 8.58. The van der Waals surface area contributed by atoms with Crippen LogP contribution in [0.2, 0.25) is 0 Å². The fourth-order valence-electron chi connectivity index (χ4n) is 1.69. The van der Waals surface area contributed by atoms with E-state index in [1.807, 2.05) is 31.2 Å². The summed E-state index contributed by atoms with van der Waals surface area (Å²) >= 11 is 1.34. The molecule has 0 aliphatic rings. The van der Waals surface area contributed by atoms with Crippen molar-refractivity contribution < 1.29 is 9.50 Å². The maximum Gasteiger partial charge on any atom is 0.137 e. The zero-order chi connectivity index (χ0) is 13.1. The van der Waals surface area contributed by atoms with Crippen LogP contribution in [0.1, 0.15) is 24.2 Å². The van der Waals surface area contributed by atoms with Gasteiger partial charge in [-0.25, -0.2) is 4.39 Å². The quantitative estimate of drug-likeness (QED) is 0.888. The van der Waals surface area contributed by atoms with Crippen molar-refractivity contribution in [3.63, 3.8) is 0 Å². The number of aliphatic hydroxyl groups excluding tert-OH is 1. The van der Waals surface area contributed by atoms with Gasteiger partial charge in [0, 0.05) is 4.90 Å². The number of hydrogen-bond acceptors (Lipinski definition) is 2. The highest BCUT2D eigenvalue weighted by atomic mass is 32.2. The van der Waals surface area contributed by atoms with E-state index >= 15 is 0 Å². The average molecular weight is 262 g/mol. The molecule has 0 radical (unpaired) electrons. The van der Waals surface area contributed by atoms with Crippen molar-refractivity contribution in [3.05, 3.63) is 59.4 Å². The summed E-state index contributed by atoms with van der Waals surface area (Å²) in [5.74, 6) is -0.293. The van der Waals surface area contributed by atoms with Gasteiger partial charge in [-0.15, -0.1) is 0 Å². The van der Waals surface area contributed by atoms with Crippen molar-refractivity contribution in [2.45, 2.75) is 29.7 Å². The molecule has 0 amide bonds. The first-order valence-electron chi connectivity index (χ1n) is 5.79. The Bertz CT molecular complexity index is 535. The maximum atomic E-state index is 13.8. The van der Waals surface area contributed by atoms with Crippen molar-refractivity contribution >= 4 is 11.8 Å². The number of rotatable bonds is 3. The average Bonchev–Trinajstić information content (AvgIpc) is 2.34. The molecule has 0 fully saturated rings. The third-order valence-corrected chi connectivity index (χ3v) is 3.83. The van der Waals surface area contributed by atoms with Gasteiger partial charge in [0.15, 0.2) is 0 Å². The fraction of sp³-hybridized carbons (Fsp3) is 0.200. The second-order valence-electron chi connectivity index (χ2n) is 4.25. The maximum absolute atomic E-state index is 13.8. The highest BCUT2D eigenvalue weighted by Crippen LogP contribution is 2.35. The Balaban J connectivity index is 2.36. The van der Waals surface area contributed by atoms with Crippen molar-refractivity contribution in [2.75, 3.05) is 0 Å². The van der Waals surface area contributed by atoms with E-state index in [0.717, 1.165) is 4.90 Å². The predicted molar refractivity (Wildman–Crippen MR) is 72.3 cm³/mol. The molecule has 18 heavy (non-hydrogen) atoms. The van der Waals surface area contributed by atoms with Crippen LogP contribution in [0.25, 0.3) is 0 Å². The zero-order valence-corrected chi connectivity index (χ0v) is 11.2. The molecule has 0 aliphatic heterocycles. The molecule has 0 heterocycles. The molecule has 0 saturated heterocycles. The molecular weight excluding hydrogens is 247 g/mol. The van der Waals surface area contributed by atoms with E-state index in [9.17, 15) is 9.50 Å². The van der Waals surface area contributed by atoms with Crippen LogP contribution < -0.4 is 0 Å². The van der Waals surface area contributed by atoms with E-state index in [2.05, 4.69) is 0 Å². The van der Waals surface area contributed by atoms with E-state index in [-0.39, 0.29) is 5.82 Å². The standard InChI is InChI=1S/C15H15FOS/c1-10-6-8-12(9-7-10)18-15-13(11(2)17)4-3-5-14(15)16/h3-9,11,17H,1-2H3/t11-/m1/s1. The van der Waals surface area contributed by atoms with Crippen LogP contribution in [-0.4, -0.2) is 5.11 Å². The first kappa shape index (κ1) is 13.1. The van der Waals surface area contributed by atoms with Crippen LogP contribution in [0.5, 0.6) is 0 Å². The van der Waals surface area contributed by atoms with Crippen LogP contribution in [0, 0.1) is 12.7 Å². The third-order valence-electron chi connectivity index (χ3n) is 2.69. The van der Waals surface area contributed by atoms with Gasteiger partial charge in [-0.3, -0.25) is 0 Å². The fourth-order valence-corrected chi connectivity index (χ4v) is 2.72. The number of benzene rings is 2. The Hall–Kier alpha value is -1.32. The van der Waals surface area contributed by atoms with Crippen LogP contribution in [0.3, 0.4) is 0 Å². The molecule has 0 aliphatic carbocycles.